The third-order valence-electron chi connectivity index (χ3n) is 6.38. The van der Waals surface area contributed by atoms with Crippen LogP contribution in [0.4, 0.5) is 5.69 Å². The van der Waals surface area contributed by atoms with Gasteiger partial charge < -0.3 is 14.8 Å². The number of carbonyl (C=O) groups is 1. The molecule has 0 heterocycles. The molecule has 0 aromatic heterocycles. The number of rotatable bonds is 10. The number of hydrogen-bond donors (Lipinski definition) is 1. The lowest BCUT2D eigenvalue weighted by atomic mass is 10.0. The molecular formula is C34H32N2O3. The summed E-state index contributed by atoms with van der Waals surface area (Å²) in [5.41, 5.74) is 5.29. The van der Waals surface area contributed by atoms with E-state index in [1.165, 1.54) is 0 Å². The van der Waals surface area contributed by atoms with Crippen molar-refractivity contribution in [1.82, 2.24) is 0 Å². The topological polar surface area (TPSA) is 71.4 Å². The molecule has 0 radical (unpaired) electrons. The molecule has 4 aromatic rings. The molecule has 0 bridgehead atoms. The van der Waals surface area contributed by atoms with Crippen LogP contribution in [0.5, 0.6) is 11.5 Å². The fourth-order valence-electron chi connectivity index (χ4n) is 4.53. The highest BCUT2D eigenvalue weighted by Gasteiger charge is 2.16. The van der Waals surface area contributed by atoms with E-state index in [2.05, 4.69) is 36.2 Å². The molecule has 39 heavy (non-hydrogen) atoms. The number of fused-ring (bicyclic) bond motifs is 1. The Kier molecular flexibility index (Phi) is 8.81. The molecule has 0 fully saturated rings. The highest BCUT2D eigenvalue weighted by molar-refractivity contribution is 6.10. The largest absolute Gasteiger partial charge is 0.490 e. The first-order valence-corrected chi connectivity index (χ1v) is 12.9. The smallest absolute Gasteiger partial charge is 0.266 e. The van der Waals surface area contributed by atoms with E-state index in [1.807, 2.05) is 69.3 Å². The van der Waals surface area contributed by atoms with E-state index in [0.717, 1.165) is 33.0 Å². The van der Waals surface area contributed by atoms with Crippen LogP contribution in [0.2, 0.25) is 0 Å². The Morgan fingerprint density at radius 1 is 1.00 bits per heavy atom. The first-order valence-electron chi connectivity index (χ1n) is 12.9. The molecule has 0 saturated heterocycles. The van der Waals surface area contributed by atoms with Gasteiger partial charge in [-0.15, -0.1) is 6.58 Å². The number of nitrogens with zero attached hydrogens (tertiary/aromatic N) is 1. The zero-order chi connectivity index (χ0) is 27.8. The molecule has 4 aromatic carbocycles. The number of benzene rings is 4. The summed E-state index contributed by atoms with van der Waals surface area (Å²) in [6.45, 7) is 10.5. The van der Waals surface area contributed by atoms with Crippen LogP contribution in [0.1, 0.15) is 34.7 Å². The predicted molar refractivity (Wildman–Crippen MR) is 158 cm³/mol. The molecule has 0 aliphatic carbocycles. The van der Waals surface area contributed by atoms with Gasteiger partial charge in [0.05, 0.1) is 6.61 Å². The minimum Gasteiger partial charge on any atom is -0.490 e. The molecule has 0 aliphatic heterocycles. The predicted octanol–water partition coefficient (Wildman–Crippen LogP) is 7.71. The summed E-state index contributed by atoms with van der Waals surface area (Å²) in [7, 11) is 0. The third kappa shape index (κ3) is 6.55. The maximum Gasteiger partial charge on any atom is 0.266 e. The highest BCUT2D eigenvalue weighted by Crippen LogP contribution is 2.36. The van der Waals surface area contributed by atoms with E-state index >= 15 is 0 Å². The van der Waals surface area contributed by atoms with Gasteiger partial charge in [0.2, 0.25) is 0 Å². The molecule has 0 spiro atoms. The van der Waals surface area contributed by atoms with Crippen molar-refractivity contribution in [2.75, 3.05) is 11.9 Å². The Balaban J connectivity index is 1.66. The molecule has 5 nitrogen and oxygen atoms in total. The fraction of sp³-hybridized carbons (Fsp3) is 0.176. The van der Waals surface area contributed by atoms with Crippen molar-refractivity contribution in [2.24, 2.45) is 0 Å². The van der Waals surface area contributed by atoms with Gasteiger partial charge in [0.15, 0.2) is 11.5 Å². The van der Waals surface area contributed by atoms with E-state index in [4.69, 9.17) is 9.47 Å². The monoisotopic (exact) mass is 516 g/mol. The zero-order valence-electron chi connectivity index (χ0n) is 22.6. The number of carbonyl (C=O) groups excluding carboxylic acids is 1. The van der Waals surface area contributed by atoms with Gasteiger partial charge in [-0.2, -0.15) is 5.26 Å². The van der Waals surface area contributed by atoms with Crippen molar-refractivity contribution in [3.63, 3.8) is 0 Å². The lowest BCUT2D eigenvalue weighted by Gasteiger charge is -2.17. The quantitative estimate of drug-likeness (QED) is 0.133. The van der Waals surface area contributed by atoms with Gasteiger partial charge in [-0.25, -0.2) is 0 Å². The Morgan fingerprint density at radius 2 is 1.79 bits per heavy atom. The first kappa shape index (κ1) is 27.2. The number of nitrogens with one attached hydrogen (secondary N) is 1. The third-order valence-corrected chi connectivity index (χ3v) is 6.38. The maximum absolute atomic E-state index is 13.0. The van der Waals surface area contributed by atoms with Crippen molar-refractivity contribution in [3.8, 4) is 17.6 Å². The molecule has 0 saturated carbocycles. The summed E-state index contributed by atoms with van der Waals surface area (Å²) < 4.78 is 12.3. The molecule has 1 amide bonds. The van der Waals surface area contributed by atoms with Crippen LogP contribution in [0, 0.1) is 25.2 Å². The SMILES string of the molecule is C=CCc1cc(/C=C(\C#N)C(=O)Nc2ccc(C)cc2C)cc(OCC)c1OCc1cccc2ccccc12. The van der Waals surface area contributed by atoms with Crippen LogP contribution in [-0.4, -0.2) is 12.5 Å². The summed E-state index contributed by atoms with van der Waals surface area (Å²) in [5, 5.41) is 14.9. The maximum atomic E-state index is 13.0. The van der Waals surface area contributed by atoms with Crippen LogP contribution in [0.25, 0.3) is 16.8 Å². The van der Waals surface area contributed by atoms with Gasteiger partial charge in [0, 0.05) is 11.3 Å². The van der Waals surface area contributed by atoms with Crippen LogP contribution >= 0.6 is 0 Å². The normalized spacial score (nSPS) is 11.1. The average molecular weight is 517 g/mol. The Morgan fingerprint density at radius 3 is 2.54 bits per heavy atom. The van der Waals surface area contributed by atoms with Crippen molar-refractivity contribution in [2.45, 2.75) is 33.8 Å². The summed E-state index contributed by atoms with van der Waals surface area (Å²) in [6.07, 6.45) is 3.90. The summed E-state index contributed by atoms with van der Waals surface area (Å²) in [5.74, 6) is 0.708. The Labute approximate surface area is 230 Å². The molecule has 196 valence electrons. The molecule has 0 atom stereocenters. The number of nitriles is 1. The summed E-state index contributed by atoms with van der Waals surface area (Å²) >= 11 is 0. The van der Waals surface area contributed by atoms with Crippen molar-refractivity contribution in [3.05, 3.63) is 119 Å². The number of ether oxygens (including phenoxy) is 2. The Bertz CT molecular complexity index is 1590. The number of anilines is 1. The van der Waals surface area contributed by atoms with Gasteiger partial charge >= 0.3 is 0 Å². The van der Waals surface area contributed by atoms with Crippen molar-refractivity contribution < 1.29 is 14.3 Å². The molecular weight excluding hydrogens is 484 g/mol. The van der Waals surface area contributed by atoms with E-state index in [1.54, 1.807) is 18.2 Å². The van der Waals surface area contributed by atoms with Crippen LogP contribution in [0.15, 0.2) is 91.0 Å². The fourth-order valence-corrected chi connectivity index (χ4v) is 4.53. The summed E-state index contributed by atoms with van der Waals surface area (Å²) in [4.78, 5) is 13.0. The molecule has 0 aliphatic rings. The average Bonchev–Trinajstić information content (AvgIpc) is 2.93. The van der Waals surface area contributed by atoms with E-state index in [9.17, 15) is 10.1 Å². The first-order chi connectivity index (χ1) is 18.9. The second-order valence-electron chi connectivity index (χ2n) is 9.30. The van der Waals surface area contributed by atoms with Gasteiger partial charge in [-0.1, -0.05) is 66.2 Å². The van der Waals surface area contributed by atoms with Gasteiger partial charge in [0.25, 0.3) is 5.91 Å². The second-order valence-corrected chi connectivity index (χ2v) is 9.30. The molecule has 5 heteroatoms. The Hall–Kier alpha value is -4.82. The van der Waals surface area contributed by atoms with Crippen LogP contribution < -0.4 is 14.8 Å². The lowest BCUT2D eigenvalue weighted by Crippen LogP contribution is -2.14. The standard InChI is InChI=1S/C34H32N2O3/c1-5-10-27-18-25(19-29(21-35)34(37)36-31-16-15-23(3)17-24(31)4)20-32(38-6-2)33(27)39-22-28-13-9-12-26-11-7-8-14-30(26)28/h5,7-9,11-20H,1,6,10,22H2,2-4H3,(H,36,37)/b29-19+. The molecule has 1 N–H and O–H groups in total. The lowest BCUT2D eigenvalue weighted by molar-refractivity contribution is -0.112. The van der Waals surface area contributed by atoms with Gasteiger partial charge in [-0.05, 0) is 78.9 Å². The molecule has 4 rings (SSSR count). The van der Waals surface area contributed by atoms with Crippen LogP contribution in [0.3, 0.4) is 0 Å². The number of hydrogen-bond acceptors (Lipinski definition) is 4. The second kappa shape index (κ2) is 12.6. The minimum atomic E-state index is -0.469. The molecule has 0 unspecified atom stereocenters. The van der Waals surface area contributed by atoms with Gasteiger partial charge in [0.1, 0.15) is 18.2 Å². The van der Waals surface area contributed by atoms with E-state index in [0.29, 0.717) is 42.4 Å². The number of aryl methyl sites for hydroxylation is 2. The van der Waals surface area contributed by atoms with Crippen molar-refractivity contribution in [1.29, 1.82) is 5.26 Å². The highest BCUT2D eigenvalue weighted by atomic mass is 16.5. The summed E-state index contributed by atoms with van der Waals surface area (Å²) in [6, 6.07) is 25.9. The van der Waals surface area contributed by atoms with Crippen LogP contribution in [-0.2, 0) is 17.8 Å². The number of amides is 1. The van der Waals surface area contributed by atoms with E-state index < -0.39 is 5.91 Å². The number of allylic oxidation sites excluding steroid dienone is 1. The van der Waals surface area contributed by atoms with Gasteiger partial charge in [-0.3, -0.25) is 4.79 Å². The van der Waals surface area contributed by atoms with E-state index in [-0.39, 0.29) is 5.57 Å². The minimum absolute atomic E-state index is 0.00796. The zero-order valence-corrected chi connectivity index (χ0v) is 22.6. The van der Waals surface area contributed by atoms with Crippen molar-refractivity contribution >= 4 is 28.4 Å².